The third-order valence-corrected chi connectivity index (χ3v) is 7.08. The molecule has 5 heteroatoms. The lowest BCUT2D eigenvalue weighted by Crippen LogP contribution is -2.50. The molecule has 2 aliphatic rings. The second-order valence-electron chi connectivity index (χ2n) is 9.40. The highest BCUT2D eigenvalue weighted by Gasteiger charge is 2.46. The van der Waals surface area contributed by atoms with Crippen molar-refractivity contribution in [1.29, 1.82) is 0 Å². The minimum absolute atomic E-state index is 0.193. The van der Waals surface area contributed by atoms with Gasteiger partial charge in [0.1, 0.15) is 5.56 Å². The Morgan fingerprint density at radius 1 is 1.20 bits per heavy atom. The summed E-state index contributed by atoms with van der Waals surface area (Å²) in [7, 11) is 0. The average Bonchev–Trinajstić information content (AvgIpc) is 3.07. The van der Waals surface area contributed by atoms with Crippen LogP contribution in [-0.2, 0) is 0 Å². The Morgan fingerprint density at radius 2 is 1.97 bits per heavy atom. The van der Waals surface area contributed by atoms with E-state index in [9.17, 15) is 14.7 Å². The topological polar surface area (TPSA) is 62.5 Å². The highest BCUT2D eigenvalue weighted by Crippen LogP contribution is 2.45. The van der Waals surface area contributed by atoms with Gasteiger partial charge in [0.2, 0.25) is 0 Å². The number of likely N-dealkylation sites (tertiary alicyclic amines) is 1. The van der Waals surface area contributed by atoms with Crippen LogP contribution < -0.4 is 5.56 Å². The van der Waals surface area contributed by atoms with Crippen molar-refractivity contribution in [3.63, 3.8) is 0 Å². The maximum absolute atomic E-state index is 13.5. The van der Waals surface area contributed by atoms with E-state index in [1.807, 2.05) is 31.2 Å². The maximum Gasteiger partial charge on any atom is 0.268 e. The van der Waals surface area contributed by atoms with E-state index in [0.29, 0.717) is 24.6 Å². The summed E-state index contributed by atoms with van der Waals surface area (Å²) in [6, 6.07) is 9.77. The van der Waals surface area contributed by atoms with Crippen LogP contribution in [0.5, 0.6) is 0 Å². The van der Waals surface area contributed by atoms with Crippen LogP contribution in [0.3, 0.4) is 0 Å². The van der Waals surface area contributed by atoms with Crippen molar-refractivity contribution in [1.82, 2.24) is 9.47 Å². The van der Waals surface area contributed by atoms with Gasteiger partial charge in [-0.05, 0) is 67.9 Å². The van der Waals surface area contributed by atoms with Gasteiger partial charge in [0.05, 0.1) is 6.10 Å². The van der Waals surface area contributed by atoms with Crippen molar-refractivity contribution >= 4 is 5.91 Å². The fraction of sp³-hybridized carbons (Fsp3) is 0.520. The molecule has 1 aliphatic carbocycles. The van der Waals surface area contributed by atoms with E-state index in [2.05, 4.69) is 19.9 Å². The SMILES string of the molecule is Cc1ccn(-c2cccc(C(C)C)c2)c(=O)c1C(=O)N1CCC[C@@]2(CCC[C@H]2O)C1. The molecule has 5 nitrogen and oxygen atoms in total. The number of carbonyl (C=O) groups excluding carboxylic acids is 1. The number of nitrogens with zero attached hydrogens (tertiary/aromatic N) is 2. The number of aliphatic hydroxyl groups excluding tert-OH is 1. The molecule has 2 fully saturated rings. The molecule has 2 aromatic rings. The summed E-state index contributed by atoms with van der Waals surface area (Å²) in [6.45, 7) is 7.26. The highest BCUT2D eigenvalue weighted by atomic mass is 16.3. The van der Waals surface area contributed by atoms with Crippen LogP contribution in [0.15, 0.2) is 41.3 Å². The first-order valence-electron chi connectivity index (χ1n) is 11.1. The zero-order chi connectivity index (χ0) is 21.5. The molecule has 1 amide bonds. The summed E-state index contributed by atoms with van der Waals surface area (Å²) in [6.07, 6.45) is 6.01. The summed E-state index contributed by atoms with van der Waals surface area (Å²) in [5.74, 6) is 0.152. The lowest BCUT2D eigenvalue weighted by Gasteiger charge is -2.42. The van der Waals surface area contributed by atoms with Crippen molar-refractivity contribution in [2.75, 3.05) is 13.1 Å². The minimum atomic E-state index is -0.347. The van der Waals surface area contributed by atoms with E-state index in [-0.39, 0.29) is 28.5 Å². The summed E-state index contributed by atoms with van der Waals surface area (Å²) in [5.41, 5.74) is 2.42. The number of hydrogen-bond acceptors (Lipinski definition) is 3. The first-order chi connectivity index (χ1) is 14.3. The molecule has 2 heterocycles. The van der Waals surface area contributed by atoms with Crippen molar-refractivity contribution in [2.24, 2.45) is 5.41 Å². The van der Waals surface area contributed by atoms with Crippen LogP contribution in [0.1, 0.15) is 73.4 Å². The lowest BCUT2D eigenvalue weighted by atomic mass is 9.76. The second kappa shape index (κ2) is 8.03. The quantitative estimate of drug-likeness (QED) is 0.834. The fourth-order valence-corrected chi connectivity index (χ4v) is 5.21. The normalized spacial score (nSPS) is 24.0. The van der Waals surface area contributed by atoms with Crippen LogP contribution in [0.4, 0.5) is 0 Å². The molecule has 0 radical (unpaired) electrons. The Labute approximate surface area is 178 Å². The van der Waals surface area contributed by atoms with Gasteiger partial charge >= 0.3 is 0 Å². The molecular weight excluding hydrogens is 376 g/mol. The largest absolute Gasteiger partial charge is 0.392 e. The number of amides is 1. The van der Waals surface area contributed by atoms with Gasteiger partial charge in [-0.2, -0.15) is 0 Å². The summed E-state index contributed by atoms with van der Waals surface area (Å²) >= 11 is 0. The number of aliphatic hydroxyl groups is 1. The molecule has 1 aromatic carbocycles. The zero-order valence-electron chi connectivity index (χ0n) is 18.2. The van der Waals surface area contributed by atoms with Crippen LogP contribution in [0.25, 0.3) is 5.69 Å². The molecule has 160 valence electrons. The van der Waals surface area contributed by atoms with E-state index in [0.717, 1.165) is 43.4 Å². The van der Waals surface area contributed by atoms with Gasteiger partial charge in [-0.25, -0.2) is 0 Å². The Kier molecular flexibility index (Phi) is 5.58. The molecule has 30 heavy (non-hydrogen) atoms. The number of aromatic nitrogens is 1. The van der Waals surface area contributed by atoms with Crippen LogP contribution in [0, 0.1) is 12.3 Å². The number of carbonyl (C=O) groups is 1. The molecule has 1 saturated heterocycles. The number of rotatable bonds is 3. The molecule has 1 saturated carbocycles. The number of piperidine rings is 1. The first kappa shape index (κ1) is 20.9. The molecule has 0 bridgehead atoms. The monoisotopic (exact) mass is 408 g/mol. The van der Waals surface area contributed by atoms with Gasteiger partial charge in [0, 0.05) is 30.4 Å². The lowest BCUT2D eigenvalue weighted by molar-refractivity contribution is -0.00545. The predicted molar refractivity (Wildman–Crippen MR) is 118 cm³/mol. The average molecular weight is 409 g/mol. The molecule has 1 aliphatic heterocycles. The van der Waals surface area contributed by atoms with Crippen LogP contribution >= 0.6 is 0 Å². The van der Waals surface area contributed by atoms with E-state index >= 15 is 0 Å². The predicted octanol–water partition coefficient (Wildman–Crippen LogP) is 4.04. The van der Waals surface area contributed by atoms with Crippen molar-refractivity contribution in [2.45, 2.75) is 64.9 Å². The fourth-order valence-electron chi connectivity index (χ4n) is 5.21. The van der Waals surface area contributed by atoms with E-state index < -0.39 is 0 Å². The molecule has 0 unspecified atom stereocenters. The van der Waals surface area contributed by atoms with Gasteiger partial charge < -0.3 is 10.0 Å². The molecule has 1 aromatic heterocycles. The van der Waals surface area contributed by atoms with Gasteiger partial charge in [-0.3, -0.25) is 14.2 Å². The summed E-state index contributed by atoms with van der Waals surface area (Å²) in [4.78, 5) is 28.7. The maximum atomic E-state index is 13.5. The van der Waals surface area contributed by atoms with Gasteiger partial charge in [0.25, 0.3) is 11.5 Å². The Balaban J connectivity index is 1.69. The number of pyridine rings is 1. The molecule has 2 atom stereocenters. The summed E-state index contributed by atoms with van der Waals surface area (Å²) < 4.78 is 1.58. The van der Waals surface area contributed by atoms with Crippen molar-refractivity contribution < 1.29 is 9.90 Å². The first-order valence-corrected chi connectivity index (χ1v) is 11.1. The molecular formula is C25H32N2O3. The van der Waals surface area contributed by atoms with E-state index in [1.165, 1.54) is 0 Å². The van der Waals surface area contributed by atoms with Gasteiger partial charge in [-0.1, -0.05) is 32.4 Å². The molecule has 1 spiro atoms. The van der Waals surface area contributed by atoms with Crippen LogP contribution in [-0.4, -0.2) is 39.7 Å². The number of aryl methyl sites for hydroxylation is 1. The number of benzene rings is 1. The minimum Gasteiger partial charge on any atom is -0.392 e. The molecule has 4 rings (SSSR count). The standard InChI is InChI=1S/C25H32N2O3/c1-17(2)19-7-4-8-20(15-19)27-14-10-18(3)22(24(27)30)23(29)26-13-6-12-25(16-26)11-5-9-21(25)28/h4,7-8,10,14-15,17,21,28H,5-6,9,11-13,16H2,1-3H3/t21-,25+/m1/s1. The van der Waals surface area contributed by atoms with Gasteiger partial charge in [-0.15, -0.1) is 0 Å². The van der Waals surface area contributed by atoms with Crippen LogP contribution in [0.2, 0.25) is 0 Å². The smallest absolute Gasteiger partial charge is 0.268 e. The van der Waals surface area contributed by atoms with Gasteiger partial charge in [0.15, 0.2) is 0 Å². The zero-order valence-corrected chi connectivity index (χ0v) is 18.2. The highest BCUT2D eigenvalue weighted by molar-refractivity contribution is 5.95. The third kappa shape index (κ3) is 3.60. The Hall–Kier alpha value is -2.40. The number of hydrogen-bond donors (Lipinski definition) is 1. The third-order valence-electron chi connectivity index (χ3n) is 7.08. The Bertz CT molecular complexity index is 1010. The van der Waals surface area contributed by atoms with Crippen molar-refractivity contribution in [3.05, 3.63) is 63.6 Å². The van der Waals surface area contributed by atoms with E-state index in [1.54, 1.807) is 15.7 Å². The second-order valence-corrected chi connectivity index (χ2v) is 9.40. The van der Waals surface area contributed by atoms with Crippen molar-refractivity contribution in [3.8, 4) is 5.69 Å². The van der Waals surface area contributed by atoms with E-state index in [4.69, 9.17) is 0 Å². The molecule has 1 N–H and O–H groups in total. The Morgan fingerprint density at radius 3 is 2.67 bits per heavy atom. The summed E-state index contributed by atoms with van der Waals surface area (Å²) in [5, 5.41) is 10.5.